The van der Waals surface area contributed by atoms with E-state index in [1.54, 1.807) is 4.90 Å². The molecule has 5 rings (SSSR count). The van der Waals surface area contributed by atoms with Gasteiger partial charge in [0.25, 0.3) is 5.60 Å². The van der Waals surface area contributed by atoms with Crippen LogP contribution in [-0.4, -0.2) is 73.7 Å². The van der Waals surface area contributed by atoms with Crippen molar-refractivity contribution in [3.63, 3.8) is 0 Å². The molecular weight excluding hydrogens is 669 g/mol. The smallest absolute Gasteiger partial charge is 0.369 e. The minimum Gasteiger partial charge on any atom is -0.369 e. The highest BCUT2D eigenvalue weighted by molar-refractivity contribution is 7.92. The molecule has 2 aromatic carbocycles. The molecular formula is C33H37F7N2O5S. The van der Waals surface area contributed by atoms with Gasteiger partial charge in [-0.25, -0.2) is 12.8 Å². The topological polar surface area (TPSA) is 95.0 Å². The van der Waals surface area contributed by atoms with Crippen LogP contribution in [0, 0.1) is 11.7 Å². The minimum atomic E-state index is -6.15. The van der Waals surface area contributed by atoms with Gasteiger partial charge in [-0.15, -0.1) is 0 Å². The third-order valence-corrected chi connectivity index (χ3v) is 12.9. The SMILES string of the molecule is CC(=O)N1CCN(C(=O)[C@H]2CC[C@](c3ccc(C(O)(C(F)(F)F)C(F)(F)F)c(C4CCCCC4)c3)(S(=O)(=O)c3ccc(F)cc3)C2)CC1. The van der Waals surface area contributed by atoms with Crippen molar-refractivity contribution in [1.82, 2.24) is 9.80 Å². The lowest BCUT2D eigenvalue weighted by atomic mass is 9.76. The summed E-state index contributed by atoms with van der Waals surface area (Å²) in [4.78, 5) is 28.3. The minimum absolute atomic E-state index is 0.0434. The van der Waals surface area contributed by atoms with E-state index < -0.39 is 61.3 Å². The highest BCUT2D eigenvalue weighted by atomic mass is 32.2. The normalized spacial score (nSPS) is 23.4. The predicted octanol–water partition coefficient (Wildman–Crippen LogP) is 6.35. The van der Waals surface area contributed by atoms with E-state index in [0.29, 0.717) is 25.3 Å². The number of rotatable bonds is 6. The highest BCUT2D eigenvalue weighted by Gasteiger charge is 2.72. The van der Waals surface area contributed by atoms with Crippen molar-refractivity contribution in [2.75, 3.05) is 26.2 Å². The van der Waals surface area contributed by atoms with Crippen LogP contribution in [0.4, 0.5) is 30.7 Å². The molecule has 0 bridgehead atoms. The number of halogens is 7. The van der Waals surface area contributed by atoms with E-state index in [0.717, 1.165) is 36.4 Å². The fraction of sp³-hybridized carbons (Fsp3) is 0.576. The van der Waals surface area contributed by atoms with Crippen LogP contribution in [0.25, 0.3) is 0 Å². The summed E-state index contributed by atoms with van der Waals surface area (Å²) >= 11 is 0. The van der Waals surface area contributed by atoms with Gasteiger partial charge < -0.3 is 14.9 Å². The van der Waals surface area contributed by atoms with Gasteiger partial charge in [-0.1, -0.05) is 37.5 Å². The maximum atomic E-state index is 14.5. The lowest BCUT2D eigenvalue weighted by Gasteiger charge is -2.38. The number of alkyl halides is 6. The Morgan fingerprint density at radius 3 is 1.94 bits per heavy atom. The first-order valence-electron chi connectivity index (χ1n) is 15.9. The maximum absolute atomic E-state index is 14.5. The van der Waals surface area contributed by atoms with Crippen LogP contribution in [0.5, 0.6) is 0 Å². The van der Waals surface area contributed by atoms with Crippen LogP contribution in [0.1, 0.15) is 80.9 Å². The fourth-order valence-electron chi connectivity index (χ4n) is 7.61. The molecule has 1 saturated heterocycles. The fourth-order valence-corrected chi connectivity index (χ4v) is 9.80. The molecule has 0 unspecified atom stereocenters. The lowest BCUT2D eigenvalue weighted by Crippen LogP contribution is -2.54. The van der Waals surface area contributed by atoms with Gasteiger partial charge in [-0.3, -0.25) is 9.59 Å². The molecule has 3 fully saturated rings. The predicted molar refractivity (Wildman–Crippen MR) is 160 cm³/mol. The molecule has 48 heavy (non-hydrogen) atoms. The second-order valence-electron chi connectivity index (χ2n) is 13.1. The van der Waals surface area contributed by atoms with E-state index in [1.165, 1.54) is 11.8 Å². The van der Waals surface area contributed by atoms with Crippen LogP contribution in [0.2, 0.25) is 0 Å². The van der Waals surface area contributed by atoms with E-state index in [-0.39, 0.29) is 80.6 Å². The Kier molecular flexibility index (Phi) is 9.72. The van der Waals surface area contributed by atoms with E-state index in [1.807, 2.05) is 0 Å². The molecule has 1 N–H and O–H groups in total. The summed E-state index contributed by atoms with van der Waals surface area (Å²) in [5.41, 5.74) is -7.15. The Morgan fingerprint density at radius 1 is 0.833 bits per heavy atom. The average Bonchev–Trinajstić information content (AvgIpc) is 3.51. The molecule has 2 aromatic rings. The Hall–Kier alpha value is -3.20. The number of nitrogens with zero attached hydrogens (tertiary/aromatic N) is 2. The lowest BCUT2D eigenvalue weighted by molar-refractivity contribution is -0.376. The van der Waals surface area contributed by atoms with E-state index >= 15 is 0 Å². The second-order valence-corrected chi connectivity index (χ2v) is 15.3. The van der Waals surface area contributed by atoms with Crippen molar-refractivity contribution >= 4 is 21.7 Å². The molecule has 0 spiro atoms. The van der Waals surface area contributed by atoms with Crippen LogP contribution in [0.3, 0.4) is 0 Å². The Labute approximate surface area is 274 Å². The molecule has 2 atom stereocenters. The Balaban J connectivity index is 1.65. The molecule has 2 aliphatic carbocycles. The van der Waals surface area contributed by atoms with Crippen molar-refractivity contribution in [2.24, 2.45) is 5.92 Å². The molecule has 2 saturated carbocycles. The van der Waals surface area contributed by atoms with Crippen molar-refractivity contribution in [2.45, 2.75) is 91.8 Å². The molecule has 7 nitrogen and oxygen atoms in total. The van der Waals surface area contributed by atoms with Gasteiger partial charge in [-0.05, 0) is 73.4 Å². The van der Waals surface area contributed by atoms with Crippen LogP contribution < -0.4 is 0 Å². The zero-order chi connectivity index (χ0) is 35.3. The van der Waals surface area contributed by atoms with Crippen molar-refractivity contribution < 1.29 is 53.8 Å². The largest absolute Gasteiger partial charge is 0.430 e. The van der Waals surface area contributed by atoms with Crippen molar-refractivity contribution in [3.8, 4) is 0 Å². The van der Waals surface area contributed by atoms with E-state index in [4.69, 9.17) is 0 Å². The first-order chi connectivity index (χ1) is 22.3. The van der Waals surface area contributed by atoms with Crippen LogP contribution >= 0.6 is 0 Å². The van der Waals surface area contributed by atoms with Crippen LogP contribution in [-0.2, 0) is 29.8 Å². The third-order valence-electron chi connectivity index (χ3n) is 10.3. The van der Waals surface area contributed by atoms with E-state index in [2.05, 4.69) is 0 Å². The molecule has 15 heteroatoms. The number of hydrogen-bond donors (Lipinski definition) is 1. The van der Waals surface area contributed by atoms with E-state index in [9.17, 15) is 53.8 Å². The first kappa shape index (κ1) is 36.1. The molecule has 3 aliphatic rings. The number of carbonyl (C=O) groups excluding carboxylic acids is 2. The quantitative estimate of drug-likeness (QED) is 0.280. The highest BCUT2D eigenvalue weighted by Crippen LogP contribution is 2.56. The zero-order valence-corrected chi connectivity index (χ0v) is 27.0. The molecule has 1 aliphatic heterocycles. The third kappa shape index (κ3) is 6.20. The van der Waals surface area contributed by atoms with Gasteiger partial charge in [0.15, 0.2) is 9.84 Å². The summed E-state index contributed by atoms with van der Waals surface area (Å²) in [6.07, 6.45) is -10.6. The number of piperazine rings is 1. The summed E-state index contributed by atoms with van der Waals surface area (Å²) in [5.74, 6) is -2.96. The number of aliphatic hydroxyl groups is 1. The maximum Gasteiger partial charge on any atom is 0.430 e. The Morgan fingerprint density at radius 2 is 1.40 bits per heavy atom. The van der Waals surface area contributed by atoms with Gasteiger partial charge in [0, 0.05) is 44.6 Å². The summed E-state index contributed by atoms with van der Waals surface area (Å²) in [6, 6.07) is 6.37. The molecule has 1 heterocycles. The van der Waals surface area contributed by atoms with Crippen molar-refractivity contribution in [3.05, 3.63) is 65.0 Å². The molecule has 0 aromatic heterocycles. The first-order valence-corrected chi connectivity index (χ1v) is 17.4. The number of sulfone groups is 1. The summed E-state index contributed by atoms with van der Waals surface area (Å²) < 4.78 is 126. The van der Waals surface area contributed by atoms with Gasteiger partial charge in [0.2, 0.25) is 11.8 Å². The zero-order valence-electron chi connectivity index (χ0n) is 26.2. The molecule has 2 amide bonds. The van der Waals surface area contributed by atoms with Gasteiger partial charge in [0.1, 0.15) is 10.6 Å². The summed E-state index contributed by atoms with van der Waals surface area (Å²) in [5, 5.41) is 10.5. The number of amides is 2. The Bertz CT molecular complexity index is 1620. The van der Waals surface area contributed by atoms with Crippen LogP contribution in [0.15, 0.2) is 47.4 Å². The summed E-state index contributed by atoms with van der Waals surface area (Å²) in [6.45, 7) is 2.38. The molecule has 0 radical (unpaired) electrons. The second kappa shape index (κ2) is 12.9. The summed E-state index contributed by atoms with van der Waals surface area (Å²) in [7, 11) is -4.54. The number of carbonyl (C=O) groups is 2. The van der Waals surface area contributed by atoms with Gasteiger partial charge in [-0.2, -0.15) is 26.3 Å². The monoisotopic (exact) mass is 706 g/mol. The van der Waals surface area contributed by atoms with Gasteiger partial charge in [0.05, 0.1) is 4.90 Å². The number of hydrogen-bond acceptors (Lipinski definition) is 5. The molecule has 264 valence electrons. The van der Waals surface area contributed by atoms with Gasteiger partial charge >= 0.3 is 12.4 Å². The standard InChI is InChI=1S/C33H37F7N2O5S/c1-21(43)41-15-17-42(18-16-41)29(44)23-13-14-30(20-23,48(46,47)26-10-8-25(34)9-11-26)24-7-12-28(27(19-24)22-5-3-2-4-6-22)31(45,32(35,36)37)33(38,39)40/h7-12,19,22-23,45H,2-6,13-18,20H2,1H3/t23-,30-/m0/s1. The number of benzene rings is 2. The van der Waals surface area contributed by atoms with Crippen molar-refractivity contribution in [1.29, 1.82) is 0 Å². The average molecular weight is 707 g/mol.